The van der Waals surface area contributed by atoms with Crippen LogP contribution in [0.4, 0.5) is 5.82 Å². The van der Waals surface area contributed by atoms with Crippen LogP contribution in [0.2, 0.25) is 0 Å². The van der Waals surface area contributed by atoms with Gasteiger partial charge < -0.3 is 24.8 Å². The van der Waals surface area contributed by atoms with Crippen LogP contribution in [0.1, 0.15) is 10.4 Å². The van der Waals surface area contributed by atoms with Gasteiger partial charge in [-0.05, 0) is 24.3 Å². The molecule has 0 aliphatic carbocycles. The highest BCUT2D eigenvalue weighted by molar-refractivity contribution is 5.94. The van der Waals surface area contributed by atoms with Crippen LogP contribution < -0.4 is 20.1 Å². The number of nitrogens with zero attached hydrogens (tertiary/aromatic N) is 1. The maximum Gasteiger partial charge on any atom is 0.252 e. The first-order valence-electron chi connectivity index (χ1n) is 8.12. The fourth-order valence-corrected chi connectivity index (χ4v) is 2.38. The van der Waals surface area contributed by atoms with Gasteiger partial charge in [0.15, 0.2) is 11.5 Å². The zero-order chi connectivity index (χ0) is 17.5. The summed E-state index contributed by atoms with van der Waals surface area (Å²) in [6.45, 7) is 1.98. The summed E-state index contributed by atoms with van der Waals surface area (Å²) in [7, 11) is 1.59. The second-order valence-electron chi connectivity index (χ2n) is 5.56. The van der Waals surface area contributed by atoms with Gasteiger partial charge in [-0.3, -0.25) is 4.79 Å². The van der Waals surface area contributed by atoms with Crippen molar-refractivity contribution in [3.8, 4) is 11.5 Å². The molecule has 3 rings (SSSR count). The lowest BCUT2D eigenvalue weighted by atomic mass is 10.2. The van der Waals surface area contributed by atoms with E-state index in [-0.39, 0.29) is 12.0 Å². The SMILES string of the molecule is COCCNC(=O)c1ccc(NCC2COc3ccccc3O2)nc1. The van der Waals surface area contributed by atoms with Crippen molar-refractivity contribution in [2.24, 2.45) is 0 Å². The summed E-state index contributed by atoms with van der Waals surface area (Å²) >= 11 is 0. The van der Waals surface area contributed by atoms with Crippen molar-refractivity contribution in [2.75, 3.05) is 38.7 Å². The zero-order valence-electron chi connectivity index (χ0n) is 14.0. The van der Waals surface area contributed by atoms with Gasteiger partial charge in [0.25, 0.3) is 5.91 Å². The Kier molecular flexibility index (Phi) is 5.69. The summed E-state index contributed by atoms with van der Waals surface area (Å²) < 4.78 is 16.4. The van der Waals surface area contributed by atoms with Crippen LogP contribution in [0.3, 0.4) is 0 Å². The maximum absolute atomic E-state index is 11.9. The Bertz CT molecular complexity index is 706. The van der Waals surface area contributed by atoms with Gasteiger partial charge in [-0.2, -0.15) is 0 Å². The molecule has 1 atom stereocenters. The predicted octanol–water partition coefficient (Wildman–Crippen LogP) is 1.71. The van der Waals surface area contributed by atoms with E-state index in [9.17, 15) is 4.79 Å². The quantitative estimate of drug-likeness (QED) is 0.745. The Hall–Kier alpha value is -2.80. The normalized spacial score (nSPS) is 15.5. The Morgan fingerprint density at radius 3 is 2.88 bits per heavy atom. The maximum atomic E-state index is 11.9. The van der Waals surface area contributed by atoms with Crippen LogP contribution in [-0.4, -0.2) is 50.4 Å². The van der Waals surface area contributed by atoms with Gasteiger partial charge in [0.05, 0.1) is 18.7 Å². The average molecular weight is 343 g/mol. The summed E-state index contributed by atoms with van der Waals surface area (Å²) in [5.41, 5.74) is 0.507. The molecule has 1 aromatic carbocycles. The monoisotopic (exact) mass is 343 g/mol. The number of nitrogens with one attached hydrogen (secondary N) is 2. The van der Waals surface area contributed by atoms with Crippen molar-refractivity contribution < 1.29 is 19.0 Å². The Morgan fingerprint density at radius 1 is 1.28 bits per heavy atom. The third-order valence-corrected chi connectivity index (χ3v) is 3.70. The van der Waals surface area contributed by atoms with Gasteiger partial charge in [0.1, 0.15) is 18.5 Å². The van der Waals surface area contributed by atoms with E-state index in [0.29, 0.717) is 37.7 Å². The van der Waals surface area contributed by atoms with E-state index in [4.69, 9.17) is 14.2 Å². The van der Waals surface area contributed by atoms with Gasteiger partial charge in [-0.1, -0.05) is 12.1 Å². The highest BCUT2D eigenvalue weighted by Crippen LogP contribution is 2.30. The van der Waals surface area contributed by atoms with E-state index in [0.717, 1.165) is 11.5 Å². The molecule has 1 amide bonds. The second kappa shape index (κ2) is 8.34. The smallest absolute Gasteiger partial charge is 0.252 e. The van der Waals surface area contributed by atoms with Crippen molar-refractivity contribution in [3.05, 3.63) is 48.2 Å². The van der Waals surface area contributed by atoms with E-state index in [1.54, 1.807) is 19.2 Å². The number of amides is 1. The zero-order valence-corrected chi connectivity index (χ0v) is 14.0. The highest BCUT2D eigenvalue weighted by atomic mass is 16.6. The topological polar surface area (TPSA) is 81.7 Å². The number of hydrogen-bond acceptors (Lipinski definition) is 6. The summed E-state index contributed by atoms with van der Waals surface area (Å²) in [6.07, 6.45) is 1.44. The second-order valence-corrected chi connectivity index (χ2v) is 5.56. The molecule has 7 nitrogen and oxygen atoms in total. The van der Waals surface area contributed by atoms with E-state index in [2.05, 4.69) is 15.6 Å². The molecule has 1 aromatic heterocycles. The van der Waals surface area contributed by atoms with Gasteiger partial charge in [0, 0.05) is 19.9 Å². The molecular formula is C18H21N3O4. The number of pyridine rings is 1. The molecule has 1 unspecified atom stereocenters. The fourth-order valence-electron chi connectivity index (χ4n) is 2.38. The molecule has 2 aromatic rings. The molecule has 2 heterocycles. The molecule has 0 saturated heterocycles. The minimum Gasteiger partial charge on any atom is -0.486 e. The molecule has 25 heavy (non-hydrogen) atoms. The average Bonchev–Trinajstić information content (AvgIpc) is 2.66. The summed E-state index contributed by atoms with van der Waals surface area (Å²) in [5.74, 6) is 2.02. The van der Waals surface area contributed by atoms with Gasteiger partial charge in [0.2, 0.25) is 0 Å². The van der Waals surface area contributed by atoms with E-state index in [1.807, 2.05) is 24.3 Å². The number of anilines is 1. The van der Waals surface area contributed by atoms with Crippen LogP contribution in [0.25, 0.3) is 0 Å². The predicted molar refractivity (Wildman–Crippen MR) is 93.3 cm³/mol. The number of carbonyl (C=O) groups is 1. The largest absolute Gasteiger partial charge is 0.486 e. The lowest BCUT2D eigenvalue weighted by Crippen LogP contribution is -2.35. The standard InChI is InChI=1S/C18H21N3O4/c1-23-9-8-19-18(22)13-6-7-17(20-10-13)21-11-14-12-24-15-4-2-3-5-16(15)25-14/h2-7,10,14H,8-9,11-12H2,1H3,(H,19,22)(H,20,21). The van der Waals surface area contributed by atoms with Gasteiger partial charge in [-0.15, -0.1) is 0 Å². The summed E-state index contributed by atoms with van der Waals surface area (Å²) in [4.78, 5) is 16.1. The number of para-hydroxylation sites is 2. The lowest BCUT2D eigenvalue weighted by molar-refractivity contribution is 0.0936. The Morgan fingerprint density at radius 2 is 2.12 bits per heavy atom. The first kappa shape index (κ1) is 17.0. The highest BCUT2D eigenvalue weighted by Gasteiger charge is 2.20. The van der Waals surface area contributed by atoms with E-state index < -0.39 is 0 Å². The number of rotatable bonds is 7. The van der Waals surface area contributed by atoms with Crippen molar-refractivity contribution in [1.82, 2.24) is 10.3 Å². The van der Waals surface area contributed by atoms with Crippen LogP contribution in [-0.2, 0) is 4.74 Å². The first-order chi connectivity index (χ1) is 12.3. The molecule has 0 spiro atoms. The minimum atomic E-state index is -0.170. The number of carbonyl (C=O) groups excluding carboxylic acids is 1. The van der Waals surface area contributed by atoms with Crippen molar-refractivity contribution in [3.63, 3.8) is 0 Å². The van der Waals surface area contributed by atoms with E-state index >= 15 is 0 Å². The van der Waals surface area contributed by atoms with Gasteiger partial charge in [-0.25, -0.2) is 4.98 Å². The molecule has 0 fully saturated rings. The van der Waals surface area contributed by atoms with Gasteiger partial charge >= 0.3 is 0 Å². The van der Waals surface area contributed by atoms with Crippen LogP contribution in [0.5, 0.6) is 11.5 Å². The number of benzene rings is 1. The van der Waals surface area contributed by atoms with E-state index in [1.165, 1.54) is 6.20 Å². The number of ether oxygens (including phenoxy) is 3. The van der Waals surface area contributed by atoms with Crippen molar-refractivity contribution in [1.29, 1.82) is 0 Å². The van der Waals surface area contributed by atoms with Crippen molar-refractivity contribution in [2.45, 2.75) is 6.10 Å². The number of methoxy groups -OCH3 is 1. The summed E-state index contributed by atoms with van der Waals surface area (Å²) in [6, 6.07) is 11.1. The molecule has 1 aliphatic heterocycles. The number of hydrogen-bond donors (Lipinski definition) is 2. The number of aromatic nitrogens is 1. The molecule has 0 saturated carbocycles. The van der Waals surface area contributed by atoms with Crippen LogP contribution in [0.15, 0.2) is 42.6 Å². The molecular weight excluding hydrogens is 322 g/mol. The molecule has 1 aliphatic rings. The first-order valence-corrected chi connectivity index (χ1v) is 8.12. The van der Waals surface area contributed by atoms with Crippen LogP contribution >= 0.6 is 0 Å². The molecule has 132 valence electrons. The Labute approximate surface area is 146 Å². The third-order valence-electron chi connectivity index (χ3n) is 3.70. The summed E-state index contributed by atoms with van der Waals surface area (Å²) in [5, 5.41) is 5.95. The third kappa shape index (κ3) is 4.60. The molecule has 0 radical (unpaired) electrons. The van der Waals surface area contributed by atoms with Crippen molar-refractivity contribution >= 4 is 11.7 Å². The molecule has 0 bridgehead atoms. The molecule has 7 heteroatoms. The minimum absolute atomic E-state index is 0.103. The Balaban J connectivity index is 1.48. The number of fused-ring (bicyclic) bond motifs is 1. The fraction of sp³-hybridized carbons (Fsp3) is 0.333. The lowest BCUT2D eigenvalue weighted by Gasteiger charge is -2.26. The van der Waals surface area contributed by atoms with Crippen LogP contribution in [0, 0.1) is 0 Å². The molecule has 2 N–H and O–H groups in total.